The molecule has 0 aliphatic rings. The molecule has 1 aromatic carbocycles. The number of hydrogen-bond donors (Lipinski definition) is 1. The Bertz CT molecular complexity index is 647. The number of nitrogens with zero attached hydrogens (tertiary/aromatic N) is 2. The third-order valence-electron chi connectivity index (χ3n) is 3.38. The summed E-state index contributed by atoms with van der Waals surface area (Å²) >= 11 is 0. The van der Waals surface area contributed by atoms with Gasteiger partial charge in [0.15, 0.2) is 0 Å². The van der Waals surface area contributed by atoms with Gasteiger partial charge in [-0.05, 0) is 38.5 Å². The van der Waals surface area contributed by atoms with Crippen LogP contribution in [0.1, 0.15) is 27.3 Å². The van der Waals surface area contributed by atoms with Crippen molar-refractivity contribution >= 4 is 5.91 Å². The fourth-order valence-corrected chi connectivity index (χ4v) is 2.23. The van der Waals surface area contributed by atoms with Gasteiger partial charge in [-0.15, -0.1) is 0 Å². The van der Waals surface area contributed by atoms with Gasteiger partial charge in [-0.1, -0.05) is 12.1 Å². The summed E-state index contributed by atoms with van der Waals surface area (Å²) < 4.78 is 7.32. The first kappa shape index (κ1) is 15.1. The quantitative estimate of drug-likeness (QED) is 0.857. The van der Waals surface area contributed by atoms with E-state index in [1.807, 2.05) is 52.1 Å². The Labute approximate surface area is 124 Å². The average molecular weight is 287 g/mol. The maximum absolute atomic E-state index is 12.1. The summed E-state index contributed by atoms with van der Waals surface area (Å²) in [6.45, 7) is 6.64. The molecule has 1 heterocycles. The van der Waals surface area contributed by atoms with E-state index in [1.165, 1.54) is 0 Å². The molecule has 0 radical (unpaired) electrons. The Hall–Kier alpha value is -2.30. The number of ether oxygens (including phenoxy) is 1. The topological polar surface area (TPSA) is 56.1 Å². The largest absolute Gasteiger partial charge is 0.492 e. The lowest BCUT2D eigenvalue weighted by molar-refractivity contribution is 0.0945. The van der Waals surface area contributed by atoms with Crippen molar-refractivity contribution in [2.45, 2.75) is 20.8 Å². The van der Waals surface area contributed by atoms with E-state index in [2.05, 4.69) is 10.4 Å². The van der Waals surface area contributed by atoms with E-state index in [0.717, 1.165) is 22.7 Å². The summed E-state index contributed by atoms with van der Waals surface area (Å²) in [4.78, 5) is 12.1. The minimum atomic E-state index is -0.106. The lowest BCUT2D eigenvalue weighted by Gasteiger charge is -2.08. The number of aryl methyl sites for hydroxylation is 3. The predicted molar refractivity (Wildman–Crippen MR) is 81.7 cm³/mol. The van der Waals surface area contributed by atoms with Crippen molar-refractivity contribution in [2.24, 2.45) is 7.05 Å². The van der Waals surface area contributed by atoms with Gasteiger partial charge in [-0.3, -0.25) is 9.48 Å². The molecule has 21 heavy (non-hydrogen) atoms. The first-order valence-corrected chi connectivity index (χ1v) is 6.97. The predicted octanol–water partition coefficient (Wildman–Crippen LogP) is 2.15. The normalized spacial score (nSPS) is 10.5. The SMILES string of the molecule is Cc1cccc(OCCNC(=O)c2c(C)nn(C)c2C)c1. The Morgan fingerprint density at radius 1 is 1.33 bits per heavy atom. The molecule has 1 aromatic heterocycles. The van der Waals surface area contributed by atoms with E-state index in [9.17, 15) is 4.79 Å². The Balaban J connectivity index is 1.85. The molecule has 0 bridgehead atoms. The number of hydrogen-bond acceptors (Lipinski definition) is 3. The number of carbonyl (C=O) groups is 1. The molecule has 1 amide bonds. The summed E-state index contributed by atoms with van der Waals surface area (Å²) in [5, 5.41) is 7.10. The van der Waals surface area contributed by atoms with Crippen molar-refractivity contribution in [3.63, 3.8) is 0 Å². The molecule has 0 spiro atoms. The first-order chi connectivity index (χ1) is 9.99. The molecule has 0 atom stereocenters. The molecule has 0 aliphatic heterocycles. The Morgan fingerprint density at radius 2 is 2.10 bits per heavy atom. The molecule has 0 fully saturated rings. The van der Waals surface area contributed by atoms with Gasteiger partial charge in [-0.25, -0.2) is 0 Å². The molecule has 0 aliphatic carbocycles. The van der Waals surface area contributed by atoms with Crippen LogP contribution in [0.25, 0.3) is 0 Å². The van der Waals surface area contributed by atoms with E-state index in [-0.39, 0.29) is 5.91 Å². The summed E-state index contributed by atoms with van der Waals surface area (Å²) in [6.07, 6.45) is 0. The molecule has 112 valence electrons. The van der Waals surface area contributed by atoms with Gasteiger partial charge in [0.2, 0.25) is 0 Å². The molecule has 0 saturated heterocycles. The minimum absolute atomic E-state index is 0.106. The summed E-state index contributed by atoms with van der Waals surface area (Å²) in [7, 11) is 1.83. The van der Waals surface area contributed by atoms with E-state index in [0.29, 0.717) is 18.7 Å². The zero-order chi connectivity index (χ0) is 15.4. The highest BCUT2D eigenvalue weighted by atomic mass is 16.5. The summed E-state index contributed by atoms with van der Waals surface area (Å²) in [6, 6.07) is 7.84. The summed E-state index contributed by atoms with van der Waals surface area (Å²) in [5.74, 6) is 0.712. The number of carbonyl (C=O) groups excluding carboxylic acids is 1. The van der Waals surface area contributed by atoms with Crippen LogP contribution in [0.5, 0.6) is 5.75 Å². The Kier molecular flexibility index (Phi) is 4.62. The van der Waals surface area contributed by atoms with Gasteiger partial charge in [0.1, 0.15) is 12.4 Å². The smallest absolute Gasteiger partial charge is 0.255 e. The molecule has 0 saturated carbocycles. The first-order valence-electron chi connectivity index (χ1n) is 6.97. The number of benzene rings is 1. The van der Waals surface area contributed by atoms with Crippen LogP contribution < -0.4 is 10.1 Å². The monoisotopic (exact) mass is 287 g/mol. The van der Waals surface area contributed by atoms with Gasteiger partial charge >= 0.3 is 0 Å². The number of aromatic nitrogens is 2. The highest BCUT2D eigenvalue weighted by molar-refractivity contribution is 5.96. The van der Waals surface area contributed by atoms with E-state index >= 15 is 0 Å². The second-order valence-electron chi connectivity index (χ2n) is 5.09. The fourth-order valence-electron chi connectivity index (χ4n) is 2.23. The maximum atomic E-state index is 12.1. The highest BCUT2D eigenvalue weighted by Gasteiger charge is 2.16. The summed E-state index contributed by atoms with van der Waals surface area (Å²) in [5.41, 5.74) is 3.41. The molecular weight excluding hydrogens is 266 g/mol. The number of nitrogens with one attached hydrogen (secondary N) is 1. The van der Waals surface area contributed by atoms with Gasteiger partial charge in [0.25, 0.3) is 5.91 Å². The van der Waals surface area contributed by atoms with Crippen LogP contribution in [0.3, 0.4) is 0 Å². The van der Waals surface area contributed by atoms with Crippen LogP contribution in [-0.4, -0.2) is 28.8 Å². The van der Waals surface area contributed by atoms with Crippen molar-refractivity contribution in [1.29, 1.82) is 0 Å². The standard InChI is InChI=1S/C16H21N3O2/c1-11-6-5-7-14(10-11)21-9-8-17-16(20)15-12(2)18-19(4)13(15)3/h5-7,10H,8-9H2,1-4H3,(H,17,20). The lowest BCUT2D eigenvalue weighted by Crippen LogP contribution is -2.29. The zero-order valence-electron chi connectivity index (χ0n) is 12.9. The van der Waals surface area contributed by atoms with Gasteiger partial charge in [0, 0.05) is 12.7 Å². The maximum Gasteiger partial charge on any atom is 0.255 e. The highest BCUT2D eigenvalue weighted by Crippen LogP contribution is 2.12. The minimum Gasteiger partial charge on any atom is -0.492 e. The van der Waals surface area contributed by atoms with E-state index in [1.54, 1.807) is 4.68 Å². The van der Waals surface area contributed by atoms with Crippen molar-refractivity contribution in [2.75, 3.05) is 13.2 Å². The molecular formula is C16H21N3O2. The average Bonchev–Trinajstić information content (AvgIpc) is 2.68. The van der Waals surface area contributed by atoms with Crippen molar-refractivity contribution < 1.29 is 9.53 Å². The van der Waals surface area contributed by atoms with Gasteiger partial charge in [0.05, 0.1) is 17.8 Å². The lowest BCUT2D eigenvalue weighted by atomic mass is 10.2. The fraction of sp³-hybridized carbons (Fsp3) is 0.375. The molecule has 2 rings (SSSR count). The van der Waals surface area contributed by atoms with Crippen molar-refractivity contribution in [3.8, 4) is 5.75 Å². The zero-order valence-corrected chi connectivity index (χ0v) is 12.9. The molecule has 1 N–H and O–H groups in total. The van der Waals surface area contributed by atoms with Gasteiger partial charge < -0.3 is 10.1 Å². The van der Waals surface area contributed by atoms with Crippen LogP contribution >= 0.6 is 0 Å². The third kappa shape index (κ3) is 3.62. The van der Waals surface area contributed by atoms with Gasteiger partial charge in [-0.2, -0.15) is 5.10 Å². The van der Waals surface area contributed by atoms with Crippen LogP contribution in [-0.2, 0) is 7.05 Å². The van der Waals surface area contributed by atoms with Crippen LogP contribution in [0.2, 0.25) is 0 Å². The molecule has 0 unspecified atom stereocenters. The second kappa shape index (κ2) is 6.43. The number of amides is 1. The molecule has 2 aromatic rings. The molecule has 5 nitrogen and oxygen atoms in total. The molecule has 5 heteroatoms. The Morgan fingerprint density at radius 3 is 2.71 bits per heavy atom. The van der Waals surface area contributed by atoms with Crippen molar-refractivity contribution in [1.82, 2.24) is 15.1 Å². The second-order valence-corrected chi connectivity index (χ2v) is 5.09. The van der Waals surface area contributed by atoms with E-state index < -0.39 is 0 Å². The van der Waals surface area contributed by atoms with Crippen LogP contribution in [0.4, 0.5) is 0 Å². The number of rotatable bonds is 5. The van der Waals surface area contributed by atoms with E-state index in [4.69, 9.17) is 4.74 Å². The van der Waals surface area contributed by atoms with Crippen molar-refractivity contribution in [3.05, 3.63) is 46.8 Å². The van der Waals surface area contributed by atoms with Crippen LogP contribution in [0.15, 0.2) is 24.3 Å². The third-order valence-corrected chi connectivity index (χ3v) is 3.38. The van der Waals surface area contributed by atoms with Crippen LogP contribution in [0, 0.1) is 20.8 Å².